The lowest BCUT2D eigenvalue weighted by Crippen LogP contribution is -1.96. The third-order valence-corrected chi connectivity index (χ3v) is 1.99. The molecule has 1 aromatic carbocycles. The van der Waals surface area contributed by atoms with E-state index in [1.807, 2.05) is 0 Å². The van der Waals surface area contributed by atoms with Crippen molar-refractivity contribution in [3.8, 4) is 0 Å². The second-order valence-electron chi connectivity index (χ2n) is 2.54. The summed E-state index contributed by atoms with van der Waals surface area (Å²) in [6.45, 7) is 0. The van der Waals surface area contributed by atoms with Crippen LogP contribution in [0.2, 0.25) is 5.02 Å². The normalized spacial score (nSPS) is 10.3. The predicted octanol–water partition coefficient (Wildman–Crippen LogP) is 2.90. The fraction of sp³-hybridized carbons (Fsp3) is 0.111. The topological polar surface area (TPSA) is 34.1 Å². The molecule has 1 rings (SSSR count). The van der Waals surface area contributed by atoms with Gasteiger partial charge < -0.3 is 0 Å². The lowest BCUT2D eigenvalue weighted by molar-refractivity contribution is 0.110. The van der Waals surface area contributed by atoms with E-state index in [0.29, 0.717) is 6.29 Å². The van der Waals surface area contributed by atoms with E-state index in [4.69, 9.17) is 11.6 Å². The van der Waals surface area contributed by atoms with Crippen LogP contribution < -0.4 is 0 Å². The van der Waals surface area contributed by atoms with Gasteiger partial charge in [0.2, 0.25) is 0 Å². The Morgan fingerprint density at radius 2 is 1.86 bits per heavy atom. The molecule has 0 aromatic heterocycles. The van der Waals surface area contributed by atoms with Crippen molar-refractivity contribution in [1.29, 1.82) is 0 Å². The largest absolute Gasteiger partial charge is 0.298 e. The van der Waals surface area contributed by atoms with Crippen LogP contribution in [0.4, 0.5) is 8.78 Å². The van der Waals surface area contributed by atoms with E-state index < -0.39 is 12.0 Å². The van der Waals surface area contributed by atoms with Crippen molar-refractivity contribution in [2.45, 2.75) is 6.43 Å². The molecule has 5 heteroatoms. The molecule has 0 aliphatic rings. The van der Waals surface area contributed by atoms with E-state index >= 15 is 0 Å². The summed E-state index contributed by atoms with van der Waals surface area (Å²) in [5.41, 5.74) is -0.766. The minimum absolute atomic E-state index is 0.0240. The highest BCUT2D eigenvalue weighted by Gasteiger charge is 2.16. The Morgan fingerprint density at radius 3 is 2.29 bits per heavy atom. The Balaban J connectivity index is 3.42. The standard InChI is InChI=1S/C9H5ClF2O2/c10-8-2-5(3-13)1-6(9(11)12)7(8)4-14/h1-4,9H. The second kappa shape index (κ2) is 4.28. The van der Waals surface area contributed by atoms with Crippen molar-refractivity contribution in [2.75, 3.05) is 0 Å². The smallest absolute Gasteiger partial charge is 0.264 e. The van der Waals surface area contributed by atoms with Crippen LogP contribution >= 0.6 is 11.6 Å². The molecule has 0 radical (unpaired) electrons. The number of halogens is 3. The molecule has 0 saturated heterocycles. The average molecular weight is 219 g/mol. The van der Waals surface area contributed by atoms with Gasteiger partial charge in [-0.25, -0.2) is 8.78 Å². The van der Waals surface area contributed by atoms with Crippen molar-refractivity contribution >= 4 is 24.2 Å². The van der Waals surface area contributed by atoms with E-state index in [1.54, 1.807) is 0 Å². The first-order valence-corrected chi connectivity index (χ1v) is 4.00. The molecule has 0 unspecified atom stereocenters. The SMILES string of the molecule is O=Cc1cc(Cl)c(C=O)c(C(F)F)c1. The maximum Gasteiger partial charge on any atom is 0.264 e. The minimum atomic E-state index is -2.83. The lowest BCUT2D eigenvalue weighted by atomic mass is 10.1. The van der Waals surface area contributed by atoms with E-state index in [2.05, 4.69) is 0 Å². The van der Waals surface area contributed by atoms with Gasteiger partial charge in [-0.3, -0.25) is 9.59 Å². The number of hydrogen-bond donors (Lipinski definition) is 0. The van der Waals surface area contributed by atoms with Crippen LogP contribution in [0.5, 0.6) is 0 Å². The molecule has 0 saturated carbocycles. The highest BCUT2D eigenvalue weighted by molar-refractivity contribution is 6.33. The van der Waals surface area contributed by atoms with Crippen LogP contribution in [-0.2, 0) is 0 Å². The molecule has 0 fully saturated rings. The number of aldehydes is 2. The summed E-state index contributed by atoms with van der Waals surface area (Å²) in [5, 5.41) is -0.139. The molecule has 0 atom stereocenters. The zero-order valence-electron chi connectivity index (χ0n) is 6.84. The molecule has 74 valence electrons. The summed E-state index contributed by atoms with van der Waals surface area (Å²) in [4.78, 5) is 20.8. The quantitative estimate of drug-likeness (QED) is 0.731. The van der Waals surface area contributed by atoms with Gasteiger partial charge in [-0.15, -0.1) is 0 Å². The summed E-state index contributed by atoms with van der Waals surface area (Å²) in [7, 11) is 0. The zero-order valence-corrected chi connectivity index (χ0v) is 7.59. The monoisotopic (exact) mass is 218 g/mol. The summed E-state index contributed by atoms with van der Waals surface area (Å²) < 4.78 is 24.8. The van der Waals surface area contributed by atoms with Crippen LogP contribution in [-0.4, -0.2) is 12.6 Å². The molecule has 0 heterocycles. The molecule has 0 amide bonds. The molecular weight excluding hydrogens is 214 g/mol. The Bertz CT molecular complexity index is 377. The lowest BCUT2D eigenvalue weighted by Gasteiger charge is -2.06. The first kappa shape index (κ1) is 10.8. The maximum atomic E-state index is 12.4. The van der Waals surface area contributed by atoms with Crippen LogP contribution in [0.15, 0.2) is 12.1 Å². The summed E-state index contributed by atoms with van der Waals surface area (Å²) >= 11 is 5.53. The van der Waals surface area contributed by atoms with Gasteiger partial charge in [-0.2, -0.15) is 0 Å². The molecule has 0 N–H and O–H groups in total. The van der Waals surface area contributed by atoms with Crippen molar-refractivity contribution < 1.29 is 18.4 Å². The number of benzene rings is 1. The Morgan fingerprint density at radius 1 is 1.21 bits per heavy atom. The van der Waals surface area contributed by atoms with Crippen LogP contribution in [0.3, 0.4) is 0 Å². The fourth-order valence-electron chi connectivity index (χ4n) is 1.03. The van der Waals surface area contributed by atoms with Gasteiger partial charge in [0.1, 0.15) is 6.29 Å². The Kier molecular flexibility index (Phi) is 3.30. The number of carbonyl (C=O) groups excluding carboxylic acids is 2. The van der Waals surface area contributed by atoms with Gasteiger partial charge in [-0.1, -0.05) is 11.6 Å². The minimum Gasteiger partial charge on any atom is -0.298 e. The molecule has 0 bridgehead atoms. The van der Waals surface area contributed by atoms with E-state index in [0.717, 1.165) is 6.07 Å². The van der Waals surface area contributed by atoms with E-state index in [-0.39, 0.29) is 22.4 Å². The first-order valence-electron chi connectivity index (χ1n) is 3.62. The zero-order chi connectivity index (χ0) is 10.7. The van der Waals surface area contributed by atoms with Gasteiger partial charge in [0.25, 0.3) is 6.43 Å². The molecule has 0 aliphatic carbocycles. The third-order valence-electron chi connectivity index (χ3n) is 1.67. The van der Waals surface area contributed by atoms with Crippen molar-refractivity contribution in [2.24, 2.45) is 0 Å². The number of carbonyl (C=O) groups is 2. The van der Waals surface area contributed by atoms with Crippen molar-refractivity contribution in [1.82, 2.24) is 0 Å². The Labute approximate surface area is 83.5 Å². The van der Waals surface area contributed by atoms with Gasteiger partial charge in [0.05, 0.1) is 5.02 Å². The molecular formula is C9H5ClF2O2. The Hall–Kier alpha value is -1.29. The maximum absolute atomic E-state index is 12.4. The second-order valence-corrected chi connectivity index (χ2v) is 2.95. The molecule has 1 aromatic rings. The summed E-state index contributed by atoms with van der Waals surface area (Å²) in [6.07, 6.45) is -2.18. The average Bonchev–Trinajstić information content (AvgIpc) is 2.16. The number of hydrogen-bond acceptors (Lipinski definition) is 2. The van der Waals surface area contributed by atoms with Crippen LogP contribution in [0.25, 0.3) is 0 Å². The van der Waals surface area contributed by atoms with Gasteiger partial charge in [-0.05, 0) is 12.1 Å². The van der Waals surface area contributed by atoms with E-state index in [1.165, 1.54) is 6.07 Å². The van der Waals surface area contributed by atoms with Crippen molar-refractivity contribution in [3.05, 3.63) is 33.8 Å². The van der Waals surface area contributed by atoms with Gasteiger partial charge in [0, 0.05) is 16.7 Å². The van der Waals surface area contributed by atoms with E-state index in [9.17, 15) is 18.4 Å². The molecule has 0 aliphatic heterocycles. The van der Waals surface area contributed by atoms with Crippen LogP contribution in [0, 0.1) is 0 Å². The highest BCUT2D eigenvalue weighted by atomic mass is 35.5. The van der Waals surface area contributed by atoms with Gasteiger partial charge >= 0.3 is 0 Å². The van der Waals surface area contributed by atoms with Gasteiger partial charge in [0.15, 0.2) is 6.29 Å². The summed E-state index contributed by atoms with van der Waals surface area (Å²) in [6, 6.07) is 2.12. The molecule has 0 spiro atoms. The fourth-order valence-corrected chi connectivity index (χ4v) is 1.31. The summed E-state index contributed by atoms with van der Waals surface area (Å²) in [5.74, 6) is 0. The third kappa shape index (κ3) is 1.96. The molecule has 2 nitrogen and oxygen atoms in total. The van der Waals surface area contributed by atoms with Crippen LogP contribution in [0.1, 0.15) is 32.7 Å². The number of rotatable bonds is 3. The highest BCUT2D eigenvalue weighted by Crippen LogP contribution is 2.28. The predicted molar refractivity (Wildman–Crippen MR) is 47.2 cm³/mol. The number of alkyl halides is 2. The van der Waals surface area contributed by atoms with Crippen molar-refractivity contribution in [3.63, 3.8) is 0 Å². The first-order chi connectivity index (χ1) is 6.60. The molecule has 14 heavy (non-hydrogen) atoms.